The van der Waals surface area contributed by atoms with Crippen LogP contribution in [-0.2, 0) is 4.79 Å². The average Bonchev–Trinajstić information content (AvgIpc) is 2.67. The van der Waals surface area contributed by atoms with Crippen LogP contribution in [0.5, 0.6) is 0 Å². The molecule has 2 rings (SSSR count). The van der Waals surface area contributed by atoms with Crippen molar-refractivity contribution in [2.75, 3.05) is 0 Å². The fourth-order valence-electron chi connectivity index (χ4n) is 1.54. The molecule has 1 aliphatic carbocycles. The zero-order valence-corrected chi connectivity index (χ0v) is 7.99. The molecule has 1 fully saturated rings. The lowest BCUT2D eigenvalue weighted by atomic mass is 10.2. The molecule has 1 aliphatic rings. The molecule has 1 N–H and O–H groups in total. The van der Waals surface area contributed by atoms with E-state index < -0.39 is 5.97 Å². The van der Waals surface area contributed by atoms with E-state index in [9.17, 15) is 4.79 Å². The first kappa shape index (κ1) is 9.06. The summed E-state index contributed by atoms with van der Waals surface area (Å²) in [6.07, 6.45) is 1.13. The summed E-state index contributed by atoms with van der Waals surface area (Å²) >= 11 is 0. The Balaban J connectivity index is 2.18. The fraction of sp³-hybridized carbons (Fsp3) is 0.364. The molecule has 0 aromatic carbocycles. The standard InChI is InChI=1S/C11H12O3/c1-6-5-8(6)10-4-3-9(14-10)7(2)11(12)13/h3-4,6,8H,2,5H2,1H3,(H,12,13). The molecule has 2 atom stereocenters. The maximum atomic E-state index is 10.6. The molecule has 0 bridgehead atoms. The fourth-order valence-corrected chi connectivity index (χ4v) is 1.54. The summed E-state index contributed by atoms with van der Waals surface area (Å²) in [6.45, 7) is 5.59. The van der Waals surface area contributed by atoms with E-state index in [4.69, 9.17) is 9.52 Å². The van der Waals surface area contributed by atoms with Crippen molar-refractivity contribution in [3.8, 4) is 0 Å². The lowest BCUT2D eigenvalue weighted by Crippen LogP contribution is -1.96. The zero-order chi connectivity index (χ0) is 10.3. The van der Waals surface area contributed by atoms with Gasteiger partial charge in [-0.3, -0.25) is 0 Å². The third-order valence-corrected chi connectivity index (χ3v) is 2.66. The minimum atomic E-state index is -1.03. The normalized spacial score (nSPS) is 24.6. The van der Waals surface area contributed by atoms with Gasteiger partial charge >= 0.3 is 5.97 Å². The number of carboxylic acids is 1. The summed E-state index contributed by atoms with van der Waals surface area (Å²) < 4.78 is 5.42. The Hall–Kier alpha value is -1.51. The van der Waals surface area contributed by atoms with Gasteiger partial charge in [0.05, 0.1) is 5.57 Å². The largest absolute Gasteiger partial charge is 0.478 e. The van der Waals surface area contributed by atoms with E-state index in [0.29, 0.717) is 17.6 Å². The van der Waals surface area contributed by atoms with Crippen molar-refractivity contribution in [2.45, 2.75) is 19.3 Å². The van der Waals surface area contributed by atoms with E-state index in [1.165, 1.54) is 0 Å². The molecule has 0 saturated heterocycles. The van der Waals surface area contributed by atoms with Crippen LogP contribution >= 0.6 is 0 Å². The highest BCUT2D eigenvalue weighted by Crippen LogP contribution is 2.47. The second kappa shape index (κ2) is 3.01. The molecule has 0 radical (unpaired) electrons. The topological polar surface area (TPSA) is 50.4 Å². The van der Waals surface area contributed by atoms with Gasteiger partial charge in [-0.15, -0.1) is 0 Å². The molecule has 0 aliphatic heterocycles. The Morgan fingerprint density at radius 3 is 2.79 bits per heavy atom. The van der Waals surface area contributed by atoms with Crippen LogP contribution < -0.4 is 0 Å². The SMILES string of the molecule is C=C(C(=O)O)c1ccc(C2CC2C)o1. The highest BCUT2D eigenvalue weighted by atomic mass is 16.4. The molecule has 3 nitrogen and oxygen atoms in total. The Morgan fingerprint density at radius 2 is 2.29 bits per heavy atom. The van der Waals surface area contributed by atoms with Crippen LogP contribution in [0.1, 0.15) is 30.8 Å². The molecule has 0 spiro atoms. The van der Waals surface area contributed by atoms with Gasteiger partial charge in [0.15, 0.2) is 0 Å². The van der Waals surface area contributed by atoms with E-state index in [1.54, 1.807) is 6.07 Å². The Bertz CT molecular complexity index is 389. The van der Waals surface area contributed by atoms with E-state index in [-0.39, 0.29) is 5.57 Å². The summed E-state index contributed by atoms with van der Waals surface area (Å²) in [6, 6.07) is 3.52. The van der Waals surface area contributed by atoms with Gasteiger partial charge in [-0.2, -0.15) is 0 Å². The van der Waals surface area contributed by atoms with Gasteiger partial charge < -0.3 is 9.52 Å². The number of hydrogen-bond acceptors (Lipinski definition) is 2. The summed E-state index contributed by atoms with van der Waals surface area (Å²) in [7, 11) is 0. The molecule has 1 aromatic rings. The van der Waals surface area contributed by atoms with Crippen LogP contribution in [0.25, 0.3) is 5.57 Å². The third-order valence-electron chi connectivity index (χ3n) is 2.66. The van der Waals surface area contributed by atoms with Crippen molar-refractivity contribution in [3.63, 3.8) is 0 Å². The average molecular weight is 192 g/mol. The van der Waals surface area contributed by atoms with Crippen LogP contribution in [0.15, 0.2) is 23.1 Å². The highest BCUT2D eigenvalue weighted by Gasteiger charge is 2.36. The monoisotopic (exact) mass is 192 g/mol. The van der Waals surface area contributed by atoms with Crippen molar-refractivity contribution >= 4 is 11.5 Å². The van der Waals surface area contributed by atoms with Crippen molar-refractivity contribution in [3.05, 3.63) is 30.2 Å². The maximum Gasteiger partial charge on any atom is 0.338 e. The Kier molecular flexibility index (Phi) is 1.95. The summed E-state index contributed by atoms with van der Waals surface area (Å²) in [4.78, 5) is 10.6. The van der Waals surface area contributed by atoms with E-state index in [2.05, 4.69) is 13.5 Å². The van der Waals surface area contributed by atoms with Crippen LogP contribution in [0.2, 0.25) is 0 Å². The van der Waals surface area contributed by atoms with Gasteiger partial charge in [0.25, 0.3) is 0 Å². The smallest absolute Gasteiger partial charge is 0.338 e. The molecule has 1 saturated carbocycles. The molecule has 1 aromatic heterocycles. The van der Waals surface area contributed by atoms with Crippen LogP contribution in [0.3, 0.4) is 0 Å². The Morgan fingerprint density at radius 1 is 1.64 bits per heavy atom. The first-order valence-electron chi connectivity index (χ1n) is 4.62. The summed E-state index contributed by atoms with van der Waals surface area (Å²) in [5, 5.41) is 8.69. The van der Waals surface area contributed by atoms with Crippen LogP contribution in [0.4, 0.5) is 0 Å². The van der Waals surface area contributed by atoms with Gasteiger partial charge in [-0.1, -0.05) is 13.5 Å². The molecule has 3 heteroatoms. The third kappa shape index (κ3) is 1.45. The second-order valence-corrected chi connectivity index (χ2v) is 3.81. The van der Waals surface area contributed by atoms with E-state index in [1.807, 2.05) is 6.07 Å². The van der Waals surface area contributed by atoms with Crippen molar-refractivity contribution in [1.82, 2.24) is 0 Å². The molecule has 1 heterocycles. The van der Waals surface area contributed by atoms with Crippen molar-refractivity contribution in [1.29, 1.82) is 0 Å². The maximum absolute atomic E-state index is 10.6. The number of hydrogen-bond donors (Lipinski definition) is 1. The number of furan rings is 1. The van der Waals surface area contributed by atoms with E-state index >= 15 is 0 Å². The minimum Gasteiger partial charge on any atom is -0.478 e. The lowest BCUT2D eigenvalue weighted by Gasteiger charge is -1.94. The van der Waals surface area contributed by atoms with Crippen molar-refractivity contribution < 1.29 is 14.3 Å². The van der Waals surface area contributed by atoms with Gasteiger partial charge in [0.2, 0.25) is 0 Å². The second-order valence-electron chi connectivity index (χ2n) is 3.81. The van der Waals surface area contributed by atoms with Gasteiger partial charge in [-0.05, 0) is 24.5 Å². The van der Waals surface area contributed by atoms with Crippen molar-refractivity contribution in [2.24, 2.45) is 5.92 Å². The summed E-state index contributed by atoms with van der Waals surface area (Å²) in [5.41, 5.74) is 0.0181. The highest BCUT2D eigenvalue weighted by molar-refractivity contribution is 6.13. The number of rotatable bonds is 3. The summed E-state index contributed by atoms with van der Waals surface area (Å²) in [5.74, 6) is 1.36. The predicted octanol–water partition coefficient (Wildman–Crippen LogP) is 2.50. The number of carboxylic acid groups (broad SMARTS) is 1. The molecule has 2 unspecified atom stereocenters. The molecular weight excluding hydrogens is 180 g/mol. The predicted molar refractivity (Wildman–Crippen MR) is 51.9 cm³/mol. The molecule has 0 amide bonds. The Labute approximate surface area is 82.0 Å². The molecule has 14 heavy (non-hydrogen) atoms. The number of carbonyl (C=O) groups is 1. The van der Waals surface area contributed by atoms with Crippen LogP contribution in [-0.4, -0.2) is 11.1 Å². The number of aliphatic carboxylic acids is 1. The quantitative estimate of drug-likeness (QED) is 0.748. The van der Waals surface area contributed by atoms with Crippen LogP contribution in [0, 0.1) is 5.92 Å². The zero-order valence-electron chi connectivity index (χ0n) is 7.99. The first-order chi connectivity index (χ1) is 6.59. The lowest BCUT2D eigenvalue weighted by molar-refractivity contribution is -0.130. The van der Waals surface area contributed by atoms with Gasteiger partial charge in [0.1, 0.15) is 11.5 Å². The van der Waals surface area contributed by atoms with Gasteiger partial charge in [-0.25, -0.2) is 4.79 Å². The molecular formula is C11H12O3. The van der Waals surface area contributed by atoms with Gasteiger partial charge in [0, 0.05) is 5.92 Å². The first-order valence-corrected chi connectivity index (χ1v) is 4.62. The molecule has 74 valence electrons. The van der Waals surface area contributed by atoms with E-state index in [0.717, 1.165) is 12.2 Å². The minimum absolute atomic E-state index is 0.0181.